The van der Waals surface area contributed by atoms with Gasteiger partial charge in [0, 0.05) is 6.08 Å². The smallest absolute Gasteiger partial charge is 0.250 e. The van der Waals surface area contributed by atoms with Crippen LogP contribution in [-0.2, 0) is 11.2 Å². The molecule has 2 rings (SSSR count). The number of ether oxygens (including phenoxy) is 2. The Morgan fingerprint density at radius 3 is 2.77 bits per heavy atom. The summed E-state index contributed by atoms with van der Waals surface area (Å²) in [6, 6.07) is 5.60. The first-order valence-corrected chi connectivity index (χ1v) is 9.60. The Bertz CT molecular complexity index is 743. The van der Waals surface area contributed by atoms with Crippen molar-refractivity contribution in [1.82, 2.24) is 10.2 Å². The van der Waals surface area contributed by atoms with Gasteiger partial charge in [-0.3, -0.25) is 10.1 Å². The van der Waals surface area contributed by atoms with Crippen LogP contribution >= 0.6 is 11.3 Å². The van der Waals surface area contributed by atoms with E-state index in [1.165, 1.54) is 17.4 Å². The molecule has 0 saturated heterocycles. The van der Waals surface area contributed by atoms with Crippen LogP contribution in [0.3, 0.4) is 0 Å². The Hall–Kier alpha value is -2.41. The van der Waals surface area contributed by atoms with Crippen LogP contribution in [-0.4, -0.2) is 29.8 Å². The summed E-state index contributed by atoms with van der Waals surface area (Å²) in [6.07, 6.45) is 7.31. The molecular formula is C19H25N3O3S. The van der Waals surface area contributed by atoms with Gasteiger partial charge in [-0.2, -0.15) is 0 Å². The molecule has 0 unspecified atom stereocenters. The maximum absolute atomic E-state index is 12.0. The predicted octanol–water partition coefficient (Wildman–Crippen LogP) is 4.33. The first-order valence-electron chi connectivity index (χ1n) is 8.78. The second kappa shape index (κ2) is 10.6. The molecule has 2 aromatic rings. The molecule has 140 valence electrons. The van der Waals surface area contributed by atoms with Crippen molar-refractivity contribution in [1.29, 1.82) is 0 Å². The van der Waals surface area contributed by atoms with Crippen LogP contribution in [0.1, 0.15) is 43.7 Å². The molecule has 0 atom stereocenters. The molecule has 0 saturated carbocycles. The van der Waals surface area contributed by atoms with Gasteiger partial charge < -0.3 is 9.47 Å². The number of nitrogens with zero attached hydrogens (tertiary/aromatic N) is 2. The van der Waals surface area contributed by atoms with Crippen LogP contribution < -0.4 is 14.8 Å². The first-order chi connectivity index (χ1) is 12.7. The van der Waals surface area contributed by atoms with Crippen molar-refractivity contribution in [3.63, 3.8) is 0 Å². The molecule has 1 N–H and O–H groups in total. The van der Waals surface area contributed by atoms with E-state index in [0.29, 0.717) is 23.2 Å². The number of anilines is 1. The quantitative estimate of drug-likeness (QED) is 0.494. The number of unbranched alkanes of at least 4 members (excludes halogenated alkanes) is 2. The fourth-order valence-electron chi connectivity index (χ4n) is 2.21. The van der Waals surface area contributed by atoms with Crippen molar-refractivity contribution in [2.24, 2.45) is 0 Å². The number of hydrogen-bond donors (Lipinski definition) is 1. The molecule has 0 bridgehead atoms. The second-order valence-corrected chi connectivity index (χ2v) is 6.71. The number of hydrogen-bond acceptors (Lipinski definition) is 6. The highest BCUT2D eigenvalue weighted by atomic mass is 32.1. The number of nitrogens with one attached hydrogen (secondary N) is 1. The lowest BCUT2D eigenvalue weighted by Crippen LogP contribution is -2.07. The average Bonchev–Trinajstić information content (AvgIpc) is 3.11. The van der Waals surface area contributed by atoms with E-state index >= 15 is 0 Å². The Morgan fingerprint density at radius 1 is 1.23 bits per heavy atom. The number of carbonyl (C=O) groups is 1. The third-order valence-corrected chi connectivity index (χ3v) is 4.60. The maximum Gasteiger partial charge on any atom is 0.250 e. The van der Waals surface area contributed by atoms with E-state index in [2.05, 4.69) is 22.4 Å². The molecule has 1 amide bonds. The van der Waals surface area contributed by atoms with Crippen LogP contribution in [0.2, 0.25) is 0 Å². The highest BCUT2D eigenvalue weighted by Gasteiger charge is 2.07. The van der Waals surface area contributed by atoms with E-state index in [0.717, 1.165) is 36.3 Å². The monoisotopic (exact) mass is 375 g/mol. The number of rotatable bonds is 10. The molecule has 1 aromatic carbocycles. The molecular weight excluding hydrogens is 350 g/mol. The van der Waals surface area contributed by atoms with E-state index in [1.807, 2.05) is 25.1 Å². The lowest BCUT2D eigenvalue weighted by Gasteiger charge is -2.11. The minimum Gasteiger partial charge on any atom is -0.493 e. The second-order valence-electron chi connectivity index (χ2n) is 5.64. The summed E-state index contributed by atoms with van der Waals surface area (Å²) in [4.78, 5) is 12.0. The fourth-order valence-corrected chi connectivity index (χ4v) is 2.89. The zero-order valence-corrected chi connectivity index (χ0v) is 16.3. The molecule has 0 radical (unpaired) electrons. The van der Waals surface area contributed by atoms with Crippen molar-refractivity contribution in [2.75, 3.05) is 19.0 Å². The zero-order chi connectivity index (χ0) is 18.8. The Balaban J connectivity index is 1.95. The van der Waals surface area contributed by atoms with E-state index in [9.17, 15) is 4.79 Å². The fraction of sp³-hybridized carbons (Fsp3) is 0.421. The van der Waals surface area contributed by atoms with E-state index < -0.39 is 0 Å². The van der Waals surface area contributed by atoms with E-state index in [1.54, 1.807) is 13.2 Å². The van der Waals surface area contributed by atoms with Crippen LogP contribution in [0.5, 0.6) is 11.5 Å². The van der Waals surface area contributed by atoms with Crippen molar-refractivity contribution in [2.45, 2.75) is 39.5 Å². The van der Waals surface area contributed by atoms with Gasteiger partial charge in [0.15, 0.2) is 11.5 Å². The highest BCUT2D eigenvalue weighted by molar-refractivity contribution is 7.15. The third-order valence-electron chi connectivity index (χ3n) is 3.62. The molecule has 0 aliphatic carbocycles. The summed E-state index contributed by atoms with van der Waals surface area (Å²) in [6.45, 7) is 4.82. The average molecular weight is 375 g/mol. The molecule has 26 heavy (non-hydrogen) atoms. The normalized spacial score (nSPS) is 10.9. The van der Waals surface area contributed by atoms with Gasteiger partial charge in [-0.25, -0.2) is 0 Å². The van der Waals surface area contributed by atoms with Gasteiger partial charge >= 0.3 is 0 Å². The molecule has 1 aromatic heterocycles. The highest BCUT2D eigenvalue weighted by Crippen LogP contribution is 2.28. The largest absolute Gasteiger partial charge is 0.493 e. The van der Waals surface area contributed by atoms with Crippen molar-refractivity contribution in [3.05, 3.63) is 34.8 Å². The van der Waals surface area contributed by atoms with Gasteiger partial charge in [-0.15, -0.1) is 10.2 Å². The first kappa shape index (κ1) is 19.9. The van der Waals surface area contributed by atoms with Crippen LogP contribution in [0, 0.1) is 0 Å². The summed E-state index contributed by atoms with van der Waals surface area (Å²) >= 11 is 1.38. The van der Waals surface area contributed by atoms with Gasteiger partial charge in [0.2, 0.25) is 11.0 Å². The number of amides is 1. The maximum atomic E-state index is 12.0. The third kappa shape index (κ3) is 6.15. The van der Waals surface area contributed by atoms with Crippen LogP contribution in [0.15, 0.2) is 24.3 Å². The summed E-state index contributed by atoms with van der Waals surface area (Å²) in [5.74, 6) is 1.12. The van der Waals surface area contributed by atoms with Crippen LogP contribution in [0.25, 0.3) is 6.08 Å². The van der Waals surface area contributed by atoms with Gasteiger partial charge in [0.25, 0.3) is 0 Å². The summed E-state index contributed by atoms with van der Waals surface area (Å²) in [7, 11) is 1.61. The van der Waals surface area contributed by atoms with Gasteiger partial charge in [-0.05, 0) is 36.6 Å². The molecule has 6 nitrogen and oxygen atoms in total. The molecule has 1 heterocycles. The van der Waals surface area contributed by atoms with Crippen molar-refractivity contribution >= 4 is 28.5 Å². The Kier molecular flexibility index (Phi) is 8.08. The molecule has 0 aliphatic heterocycles. The Morgan fingerprint density at radius 2 is 2.08 bits per heavy atom. The van der Waals surface area contributed by atoms with E-state index in [-0.39, 0.29) is 5.91 Å². The number of carbonyl (C=O) groups excluding carboxylic acids is 1. The summed E-state index contributed by atoms with van der Waals surface area (Å²) in [5, 5.41) is 12.0. The SMILES string of the molecule is CCCCCOc1ccc(/C=C\C(=O)Nc2nnc(CC)s2)cc1OC. The standard InChI is InChI=1S/C19H25N3O3S/c1-4-6-7-12-25-15-10-8-14(13-16(15)24-3)9-11-17(23)20-19-22-21-18(5-2)26-19/h8-11,13H,4-7,12H2,1-3H3,(H,20,22,23)/b11-9-. The lowest BCUT2D eigenvalue weighted by atomic mass is 10.2. The van der Waals surface area contributed by atoms with Gasteiger partial charge in [-0.1, -0.05) is 44.1 Å². The molecule has 0 aliphatic rings. The number of methoxy groups -OCH3 is 1. The number of aryl methyl sites for hydroxylation is 1. The van der Waals surface area contributed by atoms with Gasteiger partial charge in [0.05, 0.1) is 13.7 Å². The summed E-state index contributed by atoms with van der Waals surface area (Å²) in [5.41, 5.74) is 0.851. The summed E-state index contributed by atoms with van der Waals surface area (Å²) < 4.78 is 11.1. The van der Waals surface area contributed by atoms with Crippen molar-refractivity contribution < 1.29 is 14.3 Å². The predicted molar refractivity (Wildman–Crippen MR) is 105 cm³/mol. The molecule has 0 fully saturated rings. The molecule has 7 heteroatoms. The number of benzene rings is 1. The minimum atomic E-state index is -0.248. The van der Waals surface area contributed by atoms with Crippen LogP contribution in [0.4, 0.5) is 5.13 Å². The van der Waals surface area contributed by atoms with Crippen molar-refractivity contribution in [3.8, 4) is 11.5 Å². The zero-order valence-electron chi connectivity index (χ0n) is 15.4. The lowest BCUT2D eigenvalue weighted by molar-refractivity contribution is -0.111. The molecule has 0 spiro atoms. The number of aromatic nitrogens is 2. The topological polar surface area (TPSA) is 73.3 Å². The van der Waals surface area contributed by atoms with Gasteiger partial charge in [0.1, 0.15) is 5.01 Å². The minimum absolute atomic E-state index is 0.248. The Labute approximate surface area is 158 Å². The van der Waals surface area contributed by atoms with E-state index in [4.69, 9.17) is 9.47 Å².